The van der Waals surface area contributed by atoms with Gasteiger partial charge in [0.25, 0.3) is 5.91 Å². The fourth-order valence-corrected chi connectivity index (χ4v) is 2.90. The molecular weight excluding hydrogens is 328 g/mol. The average molecular weight is 352 g/mol. The number of benzene rings is 1. The molecule has 1 atom stereocenters. The Morgan fingerprint density at radius 2 is 1.96 bits per heavy atom. The second-order valence-electron chi connectivity index (χ2n) is 6.46. The van der Waals surface area contributed by atoms with Gasteiger partial charge in [-0.15, -0.1) is 0 Å². The monoisotopic (exact) mass is 352 g/mol. The van der Waals surface area contributed by atoms with E-state index in [1.807, 2.05) is 59.1 Å². The lowest BCUT2D eigenvalue weighted by Gasteiger charge is -2.17. The molecule has 0 spiro atoms. The van der Waals surface area contributed by atoms with E-state index in [1.165, 1.54) is 0 Å². The molecule has 0 aliphatic heterocycles. The van der Waals surface area contributed by atoms with E-state index in [2.05, 4.69) is 10.3 Å². The van der Waals surface area contributed by atoms with Gasteiger partial charge in [-0.2, -0.15) is 0 Å². The summed E-state index contributed by atoms with van der Waals surface area (Å²) in [5.41, 5.74) is 3.04. The maximum atomic E-state index is 13.0. The van der Waals surface area contributed by atoms with Gasteiger partial charge >= 0.3 is 0 Å². The number of hydrogen-bond acceptors (Lipinski definition) is 4. The average Bonchev–Trinajstić information content (AvgIpc) is 3.00. The lowest BCUT2D eigenvalue weighted by molar-refractivity contribution is 0.0778. The molecule has 26 heavy (non-hydrogen) atoms. The van der Waals surface area contributed by atoms with Crippen LogP contribution in [0.2, 0.25) is 0 Å². The van der Waals surface area contributed by atoms with Crippen molar-refractivity contribution in [3.63, 3.8) is 0 Å². The molecule has 0 bridgehead atoms. The maximum absolute atomic E-state index is 13.0. The van der Waals surface area contributed by atoms with E-state index in [0.29, 0.717) is 25.3 Å². The van der Waals surface area contributed by atoms with Crippen molar-refractivity contribution >= 4 is 11.6 Å². The predicted octanol–water partition coefficient (Wildman–Crippen LogP) is 2.08. The van der Waals surface area contributed by atoms with Crippen LogP contribution in [-0.4, -0.2) is 45.0 Å². The Labute approximate surface area is 153 Å². The largest absolute Gasteiger partial charge is 0.392 e. The van der Waals surface area contributed by atoms with E-state index in [4.69, 9.17) is 0 Å². The number of carbonyl (C=O) groups is 1. The zero-order valence-corrected chi connectivity index (χ0v) is 15.1. The SMILES string of the molecule is C[C@H](O)CNCc1c(C(=O)N(C)Cc2ccccc2)nc2ccccn12. The molecule has 2 aromatic heterocycles. The number of aliphatic hydroxyl groups excluding tert-OH is 1. The molecule has 0 radical (unpaired) electrons. The smallest absolute Gasteiger partial charge is 0.274 e. The molecule has 2 heterocycles. The third-order valence-electron chi connectivity index (χ3n) is 4.17. The molecular formula is C20H24N4O2. The fraction of sp³-hybridized carbons (Fsp3) is 0.300. The second kappa shape index (κ2) is 8.12. The zero-order chi connectivity index (χ0) is 18.5. The Balaban J connectivity index is 1.86. The van der Waals surface area contributed by atoms with Crippen LogP contribution >= 0.6 is 0 Å². The zero-order valence-electron chi connectivity index (χ0n) is 15.1. The molecule has 0 fully saturated rings. The van der Waals surface area contributed by atoms with Gasteiger partial charge in [-0.25, -0.2) is 4.98 Å². The number of nitrogens with zero attached hydrogens (tertiary/aromatic N) is 3. The Hall–Kier alpha value is -2.70. The van der Waals surface area contributed by atoms with Crippen molar-refractivity contribution in [1.82, 2.24) is 19.6 Å². The van der Waals surface area contributed by atoms with Crippen molar-refractivity contribution in [1.29, 1.82) is 0 Å². The molecule has 0 saturated carbocycles. The van der Waals surface area contributed by atoms with E-state index in [-0.39, 0.29) is 5.91 Å². The highest BCUT2D eigenvalue weighted by Gasteiger charge is 2.21. The highest BCUT2D eigenvalue weighted by atomic mass is 16.3. The number of pyridine rings is 1. The summed E-state index contributed by atoms with van der Waals surface area (Å²) < 4.78 is 1.92. The summed E-state index contributed by atoms with van der Waals surface area (Å²) in [6.07, 6.45) is 1.45. The molecule has 6 heteroatoms. The van der Waals surface area contributed by atoms with Crippen LogP contribution in [0.15, 0.2) is 54.7 Å². The van der Waals surface area contributed by atoms with E-state index >= 15 is 0 Å². The number of amides is 1. The van der Waals surface area contributed by atoms with Crippen molar-refractivity contribution in [2.45, 2.75) is 26.1 Å². The molecule has 3 rings (SSSR count). The van der Waals surface area contributed by atoms with E-state index in [1.54, 1.807) is 18.9 Å². The van der Waals surface area contributed by atoms with Crippen molar-refractivity contribution in [3.8, 4) is 0 Å². The van der Waals surface area contributed by atoms with Gasteiger partial charge in [-0.05, 0) is 24.6 Å². The molecule has 1 amide bonds. The first-order valence-corrected chi connectivity index (χ1v) is 8.70. The minimum absolute atomic E-state index is 0.119. The first-order valence-electron chi connectivity index (χ1n) is 8.70. The van der Waals surface area contributed by atoms with Crippen molar-refractivity contribution in [2.75, 3.05) is 13.6 Å². The summed E-state index contributed by atoms with van der Waals surface area (Å²) >= 11 is 0. The molecule has 136 valence electrons. The Morgan fingerprint density at radius 3 is 2.69 bits per heavy atom. The van der Waals surface area contributed by atoms with Crippen LogP contribution in [0.5, 0.6) is 0 Å². The van der Waals surface area contributed by atoms with Gasteiger partial charge in [-0.1, -0.05) is 36.4 Å². The van der Waals surface area contributed by atoms with Crippen molar-refractivity contribution in [2.24, 2.45) is 0 Å². The van der Waals surface area contributed by atoms with Gasteiger partial charge in [0, 0.05) is 32.9 Å². The number of imidazole rings is 1. The highest BCUT2D eigenvalue weighted by molar-refractivity contribution is 5.94. The topological polar surface area (TPSA) is 69.9 Å². The van der Waals surface area contributed by atoms with Crippen LogP contribution in [0.1, 0.15) is 28.7 Å². The quantitative estimate of drug-likeness (QED) is 0.683. The first kappa shape index (κ1) is 18.1. The summed E-state index contributed by atoms with van der Waals surface area (Å²) in [6, 6.07) is 15.6. The van der Waals surface area contributed by atoms with Gasteiger partial charge < -0.3 is 19.7 Å². The number of hydrogen-bond donors (Lipinski definition) is 2. The van der Waals surface area contributed by atoms with Gasteiger partial charge in [0.15, 0.2) is 5.69 Å². The summed E-state index contributed by atoms with van der Waals surface area (Å²) in [4.78, 5) is 19.2. The Kier molecular flexibility index (Phi) is 5.65. The molecule has 2 N–H and O–H groups in total. The number of aromatic nitrogens is 2. The number of nitrogens with one attached hydrogen (secondary N) is 1. The fourth-order valence-electron chi connectivity index (χ4n) is 2.90. The molecule has 3 aromatic rings. The molecule has 1 aromatic carbocycles. The Bertz CT molecular complexity index is 874. The van der Waals surface area contributed by atoms with Crippen LogP contribution in [0.4, 0.5) is 0 Å². The predicted molar refractivity (Wildman–Crippen MR) is 101 cm³/mol. The van der Waals surface area contributed by atoms with Crippen LogP contribution in [0.25, 0.3) is 5.65 Å². The molecule has 0 saturated heterocycles. The third kappa shape index (κ3) is 4.09. The summed E-state index contributed by atoms with van der Waals surface area (Å²) in [5.74, 6) is -0.119. The molecule has 0 aliphatic carbocycles. The molecule has 0 unspecified atom stereocenters. The number of rotatable bonds is 7. The number of fused-ring (bicyclic) bond motifs is 1. The minimum Gasteiger partial charge on any atom is -0.392 e. The number of aliphatic hydroxyl groups is 1. The molecule has 6 nitrogen and oxygen atoms in total. The molecule has 0 aliphatic rings. The van der Waals surface area contributed by atoms with Crippen LogP contribution < -0.4 is 5.32 Å². The van der Waals surface area contributed by atoms with Gasteiger partial charge in [0.05, 0.1) is 11.8 Å². The standard InChI is InChI=1S/C20H24N4O2/c1-15(25)12-21-13-17-19(22-18-10-6-7-11-24(17)18)20(26)23(2)14-16-8-4-3-5-9-16/h3-11,15,21,25H,12-14H2,1-2H3/t15-/m0/s1. The maximum Gasteiger partial charge on any atom is 0.274 e. The summed E-state index contributed by atoms with van der Waals surface area (Å²) in [5, 5.41) is 12.6. The van der Waals surface area contributed by atoms with E-state index < -0.39 is 6.10 Å². The van der Waals surface area contributed by atoms with Crippen molar-refractivity contribution in [3.05, 3.63) is 71.7 Å². The van der Waals surface area contributed by atoms with Crippen LogP contribution in [0, 0.1) is 0 Å². The van der Waals surface area contributed by atoms with Gasteiger partial charge in [0.2, 0.25) is 0 Å². The van der Waals surface area contributed by atoms with Crippen LogP contribution in [-0.2, 0) is 13.1 Å². The first-order chi connectivity index (χ1) is 12.6. The minimum atomic E-state index is -0.450. The van der Waals surface area contributed by atoms with Gasteiger partial charge in [-0.3, -0.25) is 4.79 Å². The number of carbonyl (C=O) groups excluding carboxylic acids is 1. The Morgan fingerprint density at radius 1 is 1.23 bits per heavy atom. The summed E-state index contributed by atoms with van der Waals surface area (Å²) in [7, 11) is 1.78. The van der Waals surface area contributed by atoms with Crippen LogP contribution in [0.3, 0.4) is 0 Å². The second-order valence-corrected chi connectivity index (χ2v) is 6.46. The lowest BCUT2D eigenvalue weighted by atomic mass is 10.2. The highest BCUT2D eigenvalue weighted by Crippen LogP contribution is 2.16. The van der Waals surface area contributed by atoms with Gasteiger partial charge in [0.1, 0.15) is 5.65 Å². The van der Waals surface area contributed by atoms with E-state index in [0.717, 1.165) is 16.9 Å². The normalized spacial score (nSPS) is 12.3. The lowest BCUT2D eigenvalue weighted by Crippen LogP contribution is -2.29. The van der Waals surface area contributed by atoms with E-state index in [9.17, 15) is 9.90 Å². The summed E-state index contributed by atoms with van der Waals surface area (Å²) in [6.45, 7) is 3.15. The van der Waals surface area contributed by atoms with Crippen molar-refractivity contribution < 1.29 is 9.90 Å². The third-order valence-corrected chi connectivity index (χ3v) is 4.17.